The van der Waals surface area contributed by atoms with Crippen LogP contribution in [0.1, 0.15) is 33.3 Å². The summed E-state index contributed by atoms with van der Waals surface area (Å²) in [6, 6.07) is 3.91. The lowest BCUT2D eigenvalue weighted by atomic mass is 10.00. The van der Waals surface area contributed by atoms with Gasteiger partial charge in [0.25, 0.3) is 5.69 Å². The minimum Gasteiger partial charge on any atom is -0.438 e. The number of hydrogen-bond acceptors (Lipinski definition) is 8. The van der Waals surface area contributed by atoms with E-state index in [1.54, 1.807) is 20.8 Å². The zero-order valence-electron chi connectivity index (χ0n) is 18.5. The van der Waals surface area contributed by atoms with E-state index in [9.17, 15) is 32.6 Å². The van der Waals surface area contributed by atoms with Crippen LogP contribution in [0.25, 0.3) is 0 Å². The lowest BCUT2D eigenvalue weighted by Crippen LogP contribution is -2.18. The highest BCUT2D eigenvalue weighted by Crippen LogP contribution is 2.49. The number of halogens is 4. The van der Waals surface area contributed by atoms with E-state index >= 15 is 0 Å². The lowest BCUT2D eigenvalue weighted by molar-refractivity contribution is -0.383. The van der Waals surface area contributed by atoms with Gasteiger partial charge < -0.3 is 9.26 Å². The van der Waals surface area contributed by atoms with Gasteiger partial charge in [-0.1, -0.05) is 51.1 Å². The predicted molar refractivity (Wildman–Crippen MR) is 123 cm³/mol. The molecule has 1 aromatic heterocycles. The van der Waals surface area contributed by atoms with E-state index < -0.39 is 40.2 Å². The Kier molecular flexibility index (Phi) is 8.79. The van der Waals surface area contributed by atoms with Gasteiger partial charge in [0.1, 0.15) is 22.0 Å². The number of nitro benzene ring substituents is 1. The van der Waals surface area contributed by atoms with Gasteiger partial charge in [-0.05, 0) is 12.1 Å². The highest BCUT2D eigenvalue weighted by Gasteiger charge is 2.34. The molecule has 0 N–H and O–H groups in total. The first-order valence-electron chi connectivity index (χ1n) is 9.69. The smallest absolute Gasteiger partial charge is 0.417 e. The molecule has 2 rings (SSSR count). The van der Waals surface area contributed by atoms with Crippen molar-refractivity contribution in [2.45, 2.75) is 33.9 Å². The fraction of sp³-hybridized carbons (Fsp3) is 0.400. The first-order chi connectivity index (χ1) is 15.6. The summed E-state index contributed by atoms with van der Waals surface area (Å²) >= 11 is 6.64. The van der Waals surface area contributed by atoms with Gasteiger partial charge in [0, 0.05) is 29.9 Å². The molecule has 1 heterocycles. The summed E-state index contributed by atoms with van der Waals surface area (Å²) in [7, 11) is -3.82. The van der Waals surface area contributed by atoms with Gasteiger partial charge in [0.15, 0.2) is 5.12 Å². The Morgan fingerprint density at radius 3 is 2.41 bits per heavy atom. The van der Waals surface area contributed by atoms with Gasteiger partial charge in [0.2, 0.25) is 13.2 Å². The van der Waals surface area contributed by atoms with Gasteiger partial charge in [-0.25, -0.2) is 4.98 Å². The Hall–Kier alpha value is -2.14. The second kappa shape index (κ2) is 10.6. The summed E-state index contributed by atoms with van der Waals surface area (Å²) < 4.78 is 62.8. The Morgan fingerprint density at radius 2 is 1.91 bits per heavy atom. The number of thioether (sulfide) groups is 1. The third kappa shape index (κ3) is 6.94. The van der Waals surface area contributed by atoms with E-state index in [0.29, 0.717) is 12.3 Å². The highest BCUT2D eigenvalue weighted by atomic mass is 35.5. The fourth-order valence-corrected chi connectivity index (χ4v) is 5.60. The maximum atomic E-state index is 13.5. The SMILES string of the molecule is CCP(=O)(OCSC(=O)C(C)(C)C)c1cc(Oc2ncc(C(F)(F)F)cc2Cl)ccc1[N+](=O)[O-]. The van der Waals surface area contributed by atoms with Gasteiger partial charge in [-0.15, -0.1) is 0 Å². The third-order valence-electron chi connectivity index (χ3n) is 4.34. The van der Waals surface area contributed by atoms with E-state index in [4.69, 9.17) is 20.9 Å². The van der Waals surface area contributed by atoms with Gasteiger partial charge in [0.05, 0.1) is 10.5 Å². The van der Waals surface area contributed by atoms with Crippen molar-refractivity contribution in [1.29, 1.82) is 0 Å². The minimum absolute atomic E-state index is 0.106. The summed E-state index contributed by atoms with van der Waals surface area (Å²) in [5, 5.41) is 10.6. The molecule has 0 saturated heterocycles. The van der Waals surface area contributed by atoms with Crippen LogP contribution >= 0.6 is 30.7 Å². The van der Waals surface area contributed by atoms with Crippen molar-refractivity contribution in [3.05, 3.63) is 51.2 Å². The molecular formula is C20H21ClF3N2O6PS. The normalized spacial score (nSPS) is 13.9. The number of aromatic nitrogens is 1. The van der Waals surface area contributed by atoms with Crippen LogP contribution in [0, 0.1) is 15.5 Å². The summed E-state index contributed by atoms with van der Waals surface area (Å²) in [6.07, 6.45) is -4.26. The number of nitrogens with zero attached hydrogens (tertiary/aromatic N) is 2. The van der Waals surface area contributed by atoms with Crippen LogP contribution in [0.5, 0.6) is 11.6 Å². The van der Waals surface area contributed by atoms with E-state index in [0.717, 1.165) is 30.0 Å². The molecule has 0 bridgehead atoms. The van der Waals surface area contributed by atoms with E-state index in [2.05, 4.69) is 4.98 Å². The van der Waals surface area contributed by atoms with Crippen LogP contribution in [0.15, 0.2) is 30.5 Å². The second-order valence-corrected chi connectivity index (χ2v) is 12.0. The van der Waals surface area contributed by atoms with E-state index in [1.807, 2.05) is 0 Å². The number of alkyl halides is 3. The van der Waals surface area contributed by atoms with Crippen molar-refractivity contribution < 1.29 is 36.7 Å². The average Bonchev–Trinajstić information content (AvgIpc) is 2.73. The van der Waals surface area contributed by atoms with Crippen LogP contribution in [-0.4, -0.2) is 27.1 Å². The second-order valence-electron chi connectivity index (χ2n) is 7.94. The van der Waals surface area contributed by atoms with Crippen molar-refractivity contribution >= 4 is 46.8 Å². The molecule has 0 fully saturated rings. The van der Waals surface area contributed by atoms with Gasteiger partial charge in [-0.3, -0.25) is 19.5 Å². The molecule has 0 radical (unpaired) electrons. The Balaban J connectivity index is 2.37. The fourth-order valence-electron chi connectivity index (χ4n) is 2.47. The number of hydrogen-bond donors (Lipinski definition) is 0. The Labute approximate surface area is 202 Å². The molecule has 0 spiro atoms. The number of carbonyl (C=O) groups is 1. The standard InChI is InChI=1S/C20H21ClF3N2O6PS/c1-5-33(30,31-11-34-18(27)19(2,3)4)16-9-13(6-7-15(16)26(28)29)32-17-14(21)8-12(10-25-17)20(22,23)24/h6-10H,5,11H2,1-4H3. The number of pyridine rings is 1. The lowest BCUT2D eigenvalue weighted by Gasteiger charge is -2.20. The summed E-state index contributed by atoms with van der Waals surface area (Å²) in [5.41, 5.74) is -2.26. The number of ether oxygens (including phenoxy) is 1. The van der Waals surface area contributed by atoms with Crippen LogP contribution in [0.3, 0.4) is 0 Å². The van der Waals surface area contributed by atoms with Crippen molar-refractivity contribution in [3.8, 4) is 11.6 Å². The maximum absolute atomic E-state index is 13.5. The van der Waals surface area contributed by atoms with Gasteiger partial charge >= 0.3 is 6.18 Å². The molecule has 0 aliphatic heterocycles. The van der Waals surface area contributed by atoms with Crippen LogP contribution < -0.4 is 10.0 Å². The molecule has 0 aliphatic carbocycles. The zero-order chi connectivity index (χ0) is 25.9. The summed E-state index contributed by atoms with van der Waals surface area (Å²) in [5.74, 6) is -0.783. The molecule has 1 atom stereocenters. The molecule has 14 heteroatoms. The van der Waals surface area contributed by atoms with Crippen molar-refractivity contribution in [2.75, 3.05) is 12.1 Å². The number of benzene rings is 1. The van der Waals surface area contributed by atoms with E-state index in [1.165, 1.54) is 6.92 Å². The van der Waals surface area contributed by atoms with Gasteiger partial charge in [-0.2, -0.15) is 13.2 Å². The zero-order valence-corrected chi connectivity index (χ0v) is 21.0. The molecule has 186 valence electrons. The first kappa shape index (κ1) is 28.1. The number of carbonyl (C=O) groups excluding carboxylic acids is 1. The Bertz CT molecular complexity index is 1140. The Morgan fingerprint density at radius 1 is 1.26 bits per heavy atom. The van der Waals surface area contributed by atoms with Crippen LogP contribution in [-0.2, 0) is 20.1 Å². The highest BCUT2D eigenvalue weighted by molar-refractivity contribution is 8.13. The molecule has 1 unspecified atom stereocenters. The van der Waals surface area contributed by atoms with E-state index in [-0.39, 0.29) is 34.2 Å². The maximum Gasteiger partial charge on any atom is 0.417 e. The quantitative estimate of drug-likeness (QED) is 0.158. The minimum atomic E-state index is -4.66. The van der Waals surface area contributed by atoms with Crippen LogP contribution in [0.4, 0.5) is 18.9 Å². The predicted octanol–water partition coefficient (Wildman–Crippen LogP) is 6.66. The van der Waals surface area contributed by atoms with Crippen molar-refractivity contribution in [2.24, 2.45) is 5.41 Å². The van der Waals surface area contributed by atoms with Crippen molar-refractivity contribution in [3.63, 3.8) is 0 Å². The molecule has 0 saturated carbocycles. The average molecular weight is 541 g/mol. The van der Waals surface area contributed by atoms with Crippen molar-refractivity contribution in [1.82, 2.24) is 4.98 Å². The molecule has 1 aromatic carbocycles. The summed E-state index contributed by atoms with van der Waals surface area (Å²) in [4.78, 5) is 26.4. The third-order valence-corrected chi connectivity index (χ3v) is 8.37. The van der Waals surface area contributed by atoms with Crippen LogP contribution in [0.2, 0.25) is 5.02 Å². The molecule has 2 aromatic rings. The largest absolute Gasteiger partial charge is 0.438 e. The topological polar surface area (TPSA) is 109 Å². The number of rotatable bonds is 8. The monoisotopic (exact) mass is 540 g/mol. The number of nitro groups is 1. The molecule has 0 aliphatic rings. The molecule has 8 nitrogen and oxygen atoms in total. The first-order valence-corrected chi connectivity index (χ1v) is 12.9. The molecular weight excluding hydrogens is 520 g/mol. The molecule has 34 heavy (non-hydrogen) atoms. The summed E-state index contributed by atoms with van der Waals surface area (Å²) in [6.45, 7) is 6.61. The molecule has 0 amide bonds.